The maximum atomic E-state index is 12.9. The van der Waals surface area contributed by atoms with E-state index in [4.69, 9.17) is 0 Å². The molecule has 0 aliphatic carbocycles. The quantitative estimate of drug-likeness (QED) is 0.903. The van der Waals surface area contributed by atoms with Crippen molar-refractivity contribution in [1.29, 1.82) is 0 Å². The van der Waals surface area contributed by atoms with Crippen molar-refractivity contribution >= 4 is 17.3 Å². The number of carbonyl (C=O) groups is 1. The van der Waals surface area contributed by atoms with Crippen LogP contribution in [0.25, 0.3) is 0 Å². The number of likely N-dealkylation sites (N-methyl/N-ethyl adjacent to an activating group) is 1. The van der Waals surface area contributed by atoms with Crippen molar-refractivity contribution in [3.05, 3.63) is 42.0 Å². The highest BCUT2D eigenvalue weighted by Crippen LogP contribution is 2.21. The van der Waals surface area contributed by atoms with Crippen molar-refractivity contribution in [3.63, 3.8) is 0 Å². The van der Waals surface area contributed by atoms with Gasteiger partial charge in [-0.1, -0.05) is 0 Å². The van der Waals surface area contributed by atoms with Crippen molar-refractivity contribution < 1.29 is 9.18 Å². The van der Waals surface area contributed by atoms with E-state index in [9.17, 15) is 9.18 Å². The topological polar surface area (TPSA) is 64.3 Å². The van der Waals surface area contributed by atoms with E-state index >= 15 is 0 Å². The second-order valence-electron chi connectivity index (χ2n) is 5.38. The van der Waals surface area contributed by atoms with Crippen LogP contribution in [0.2, 0.25) is 0 Å². The van der Waals surface area contributed by atoms with E-state index < -0.39 is 0 Å². The number of aromatic nitrogens is 2. The Morgan fingerprint density at radius 1 is 1.23 bits per heavy atom. The third-order valence-electron chi connectivity index (χ3n) is 3.79. The summed E-state index contributed by atoms with van der Waals surface area (Å²) in [5, 5.41) is 9.49. The van der Waals surface area contributed by atoms with E-state index in [0.717, 1.165) is 31.9 Å². The standard InChI is InChI=1S/C15H18FN5O/c1-20-6-8-21(9-7-20)13-10-17-19-14(13)15(22)18-12-4-2-11(16)3-5-12/h2-5,10H,6-9H2,1H3,(H,17,19)(H,18,22). The Morgan fingerprint density at radius 3 is 2.59 bits per heavy atom. The average molecular weight is 303 g/mol. The summed E-state index contributed by atoms with van der Waals surface area (Å²) in [7, 11) is 2.08. The number of H-pyrrole nitrogens is 1. The van der Waals surface area contributed by atoms with Gasteiger partial charge in [-0.15, -0.1) is 0 Å². The molecule has 3 rings (SSSR count). The third kappa shape index (κ3) is 3.09. The lowest BCUT2D eigenvalue weighted by Gasteiger charge is -2.33. The number of aromatic amines is 1. The van der Waals surface area contributed by atoms with Gasteiger partial charge in [-0.2, -0.15) is 5.10 Å². The molecule has 22 heavy (non-hydrogen) atoms. The first kappa shape index (κ1) is 14.5. The highest BCUT2D eigenvalue weighted by Gasteiger charge is 2.22. The SMILES string of the molecule is CN1CCN(c2cn[nH]c2C(=O)Nc2ccc(F)cc2)CC1. The molecule has 2 aromatic rings. The van der Waals surface area contributed by atoms with Crippen molar-refractivity contribution in [2.24, 2.45) is 0 Å². The fourth-order valence-corrected chi connectivity index (χ4v) is 2.46. The van der Waals surface area contributed by atoms with Crippen LogP contribution in [0.5, 0.6) is 0 Å². The van der Waals surface area contributed by atoms with Gasteiger partial charge in [0.05, 0.1) is 11.9 Å². The number of piperazine rings is 1. The zero-order valence-corrected chi connectivity index (χ0v) is 12.3. The van der Waals surface area contributed by atoms with Gasteiger partial charge in [-0.05, 0) is 31.3 Å². The van der Waals surface area contributed by atoms with Crippen LogP contribution in [0, 0.1) is 5.82 Å². The van der Waals surface area contributed by atoms with E-state index in [2.05, 4.69) is 32.4 Å². The Bertz CT molecular complexity index is 646. The molecule has 1 aromatic carbocycles. The molecule has 6 nitrogen and oxygen atoms in total. The summed E-state index contributed by atoms with van der Waals surface area (Å²) in [5.74, 6) is -0.615. The molecule has 0 bridgehead atoms. The van der Waals surface area contributed by atoms with Crippen LogP contribution in [0.4, 0.5) is 15.8 Å². The molecule has 1 aliphatic heterocycles. The van der Waals surface area contributed by atoms with Gasteiger partial charge in [-0.25, -0.2) is 4.39 Å². The summed E-state index contributed by atoms with van der Waals surface area (Å²) in [5.41, 5.74) is 1.77. The first-order valence-electron chi connectivity index (χ1n) is 7.17. The third-order valence-corrected chi connectivity index (χ3v) is 3.79. The van der Waals surface area contributed by atoms with Crippen molar-refractivity contribution in [3.8, 4) is 0 Å². The van der Waals surface area contributed by atoms with E-state index in [-0.39, 0.29) is 11.7 Å². The highest BCUT2D eigenvalue weighted by molar-refractivity contribution is 6.06. The maximum Gasteiger partial charge on any atom is 0.275 e. The zero-order valence-electron chi connectivity index (χ0n) is 12.3. The van der Waals surface area contributed by atoms with E-state index in [1.165, 1.54) is 24.3 Å². The number of nitrogens with one attached hydrogen (secondary N) is 2. The van der Waals surface area contributed by atoms with Crippen molar-refractivity contribution in [2.75, 3.05) is 43.4 Å². The highest BCUT2D eigenvalue weighted by atomic mass is 19.1. The summed E-state index contributed by atoms with van der Waals surface area (Å²) in [6, 6.07) is 5.67. The van der Waals surface area contributed by atoms with Gasteiger partial charge in [0.2, 0.25) is 0 Å². The predicted octanol–water partition coefficient (Wildman–Crippen LogP) is 1.55. The van der Waals surface area contributed by atoms with Crippen molar-refractivity contribution in [1.82, 2.24) is 15.1 Å². The first-order chi connectivity index (χ1) is 10.6. The molecule has 0 atom stereocenters. The smallest absolute Gasteiger partial charge is 0.275 e. The molecule has 1 saturated heterocycles. The van der Waals surface area contributed by atoms with Crippen LogP contribution >= 0.6 is 0 Å². The molecule has 7 heteroatoms. The van der Waals surface area contributed by atoms with Gasteiger partial charge in [0, 0.05) is 31.9 Å². The van der Waals surface area contributed by atoms with Gasteiger partial charge >= 0.3 is 0 Å². The number of carbonyl (C=O) groups excluding carboxylic acids is 1. The fraction of sp³-hybridized carbons (Fsp3) is 0.333. The molecule has 1 aromatic heterocycles. The molecule has 2 heterocycles. The van der Waals surface area contributed by atoms with E-state index in [0.29, 0.717) is 11.4 Å². The zero-order chi connectivity index (χ0) is 15.5. The van der Waals surface area contributed by atoms with Gasteiger partial charge in [0.15, 0.2) is 0 Å². The Hall–Kier alpha value is -2.41. The number of rotatable bonds is 3. The summed E-state index contributed by atoms with van der Waals surface area (Å²) in [6.07, 6.45) is 1.67. The van der Waals surface area contributed by atoms with E-state index in [1.807, 2.05) is 0 Å². The van der Waals surface area contributed by atoms with Crippen LogP contribution in [-0.4, -0.2) is 54.2 Å². The Balaban J connectivity index is 1.73. The molecular weight excluding hydrogens is 285 g/mol. The van der Waals surface area contributed by atoms with Crippen LogP contribution in [0.15, 0.2) is 30.5 Å². The van der Waals surface area contributed by atoms with Crippen molar-refractivity contribution in [2.45, 2.75) is 0 Å². The number of anilines is 2. The normalized spacial score (nSPS) is 15.8. The number of benzene rings is 1. The Labute approximate surface area is 127 Å². The molecular formula is C15H18FN5O. The lowest BCUT2D eigenvalue weighted by molar-refractivity contribution is 0.102. The van der Waals surface area contributed by atoms with E-state index in [1.54, 1.807) is 6.20 Å². The molecule has 0 radical (unpaired) electrons. The number of hydrogen-bond donors (Lipinski definition) is 2. The average Bonchev–Trinajstić information content (AvgIpc) is 3.00. The lowest BCUT2D eigenvalue weighted by Crippen LogP contribution is -2.44. The minimum Gasteiger partial charge on any atom is -0.366 e. The number of hydrogen-bond acceptors (Lipinski definition) is 4. The Kier molecular flexibility index (Phi) is 4.06. The number of nitrogens with zero attached hydrogens (tertiary/aromatic N) is 3. The second kappa shape index (κ2) is 6.15. The van der Waals surface area contributed by atoms with Gasteiger partial charge < -0.3 is 15.1 Å². The minimum absolute atomic E-state index is 0.280. The molecule has 0 unspecified atom stereocenters. The van der Waals surface area contributed by atoms with Gasteiger partial charge in [-0.3, -0.25) is 9.89 Å². The lowest BCUT2D eigenvalue weighted by atomic mass is 10.2. The van der Waals surface area contributed by atoms with Crippen LogP contribution in [0.3, 0.4) is 0 Å². The molecule has 1 fully saturated rings. The maximum absolute atomic E-state index is 12.9. The summed E-state index contributed by atoms with van der Waals surface area (Å²) in [6.45, 7) is 3.61. The monoisotopic (exact) mass is 303 g/mol. The van der Waals surface area contributed by atoms with Crippen LogP contribution in [0.1, 0.15) is 10.5 Å². The minimum atomic E-state index is -0.335. The van der Waals surface area contributed by atoms with Crippen LogP contribution < -0.4 is 10.2 Å². The molecule has 116 valence electrons. The molecule has 0 spiro atoms. The van der Waals surface area contributed by atoms with Gasteiger partial charge in [0.1, 0.15) is 11.5 Å². The summed E-state index contributed by atoms with van der Waals surface area (Å²) < 4.78 is 12.9. The molecule has 2 N–H and O–H groups in total. The first-order valence-corrected chi connectivity index (χ1v) is 7.17. The summed E-state index contributed by atoms with van der Waals surface area (Å²) in [4.78, 5) is 16.8. The molecule has 1 aliphatic rings. The predicted molar refractivity (Wildman–Crippen MR) is 82.7 cm³/mol. The number of halogens is 1. The van der Waals surface area contributed by atoms with Crippen LogP contribution in [-0.2, 0) is 0 Å². The molecule has 1 amide bonds. The fourth-order valence-electron chi connectivity index (χ4n) is 2.46. The Morgan fingerprint density at radius 2 is 1.91 bits per heavy atom. The summed E-state index contributed by atoms with van der Waals surface area (Å²) >= 11 is 0. The second-order valence-corrected chi connectivity index (χ2v) is 5.38. The largest absolute Gasteiger partial charge is 0.366 e. The van der Waals surface area contributed by atoms with Gasteiger partial charge in [0.25, 0.3) is 5.91 Å². The molecule has 0 saturated carbocycles. The number of amides is 1.